The van der Waals surface area contributed by atoms with Crippen molar-refractivity contribution in [2.75, 3.05) is 32.8 Å². The predicted molar refractivity (Wildman–Crippen MR) is 93.0 cm³/mol. The second kappa shape index (κ2) is 8.88. The quantitative estimate of drug-likeness (QED) is 0.768. The zero-order valence-corrected chi connectivity index (χ0v) is 15.6. The fourth-order valence-electron chi connectivity index (χ4n) is 2.79. The van der Waals surface area contributed by atoms with E-state index >= 15 is 0 Å². The molecular weight excluding hydrogens is 366 g/mol. The van der Waals surface area contributed by atoms with Gasteiger partial charge < -0.3 is 10.1 Å². The Labute approximate surface area is 152 Å². The van der Waals surface area contributed by atoms with Gasteiger partial charge in [0.25, 0.3) is 5.91 Å². The molecule has 146 valence electrons. The lowest BCUT2D eigenvalue weighted by atomic mass is 10.1. The fourth-order valence-corrected chi connectivity index (χ4v) is 3.51. The summed E-state index contributed by atoms with van der Waals surface area (Å²) in [5.41, 5.74) is 0.202. The molecule has 0 aromatic heterocycles. The monoisotopic (exact) mass is 390 g/mol. The van der Waals surface area contributed by atoms with E-state index in [1.54, 1.807) is 0 Å². The summed E-state index contributed by atoms with van der Waals surface area (Å²) in [7, 11) is -4.66. The molecule has 0 saturated carbocycles. The number of nitrogens with one attached hydrogen (secondary N) is 1. The molecule has 1 aliphatic rings. The summed E-state index contributed by atoms with van der Waals surface area (Å²) in [5.74, 6) is -3.35. The highest BCUT2D eigenvalue weighted by Crippen LogP contribution is 2.18. The van der Waals surface area contributed by atoms with Crippen molar-refractivity contribution in [3.63, 3.8) is 0 Å². The van der Waals surface area contributed by atoms with E-state index in [-0.39, 0.29) is 11.7 Å². The van der Waals surface area contributed by atoms with Crippen molar-refractivity contribution >= 4 is 15.7 Å². The van der Waals surface area contributed by atoms with Gasteiger partial charge in [0.1, 0.15) is 0 Å². The highest BCUT2D eigenvalue weighted by molar-refractivity contribution is 7.91. The van der Waals surface area contributed by atoms with Crippen molar-refractivity contribution in [2.45, 2.75) is 30.6 Å². The van der Waals surface area contributed by atoms with Gasteiger partial charge in [-0.15, -0.1) is 0 Å². The molecule has 1 amide bonds. The minimum absolute atomic E-state index is 0.120. The summed E-state index contributed by atoms with van der Waals surface area (Å²) < 4.78 is 53.4. The number of alkyl halides is 2. The van der Waals surface area contributed by atoms with Crippen LogP contribution < -0.4 is 5.32 Å². The Balaban J connectivity index is 1.90. The van der Waals surface area contributed by atoms with Gasteiger partial charge in [-0.3, -0.25) is 9.69 Å². The first kappa shape index (κ1) is 20.7. The fraction of sp³-hybridized carbons (Fsp3) is 0.588. The van der Waals surface area contributed by atoms with Gasteiger partial charge in [-0.1, -0.05) is 13.8 Å². The first-order chi connectivity index (χ1) is 12.2. The smallest absolute Gasteiger partial charge is 0.341 e. The van der Waals surface area contributed by atoms with E-state index < -0.39 is 26.4 Å². The Bertz CT molecular complexity index is 708. The van der Waals surface area contributed by atoms with Crippen LogP contribution in [0.2, 0.25) is 0 Å². The van der Waals surface area contributed by atoms with Crippen LogP contribution in [0, 0.1) is 5.92 Å². The highest BCUT2D eigenvalue weighted by atomic mass is 32.2. The van der Waals surface area contributed by atoms with Gasteiger partial charge in [0, 0.05) is 31.7 Å². The second-order valence-corrected chi connectivity index (χ2v) is 8.60. The maximum absolute atomic E-state index is 12.5. The van der Waals surface area contributed by atoms with Crippen LogP contribution in [-0.2, 0) is 14.6 Å². The third-order valence-electron chi connectivity index (χ3n) is 4.02. The number of hydrogen-bond acceptors (Lipinski definition) is 5. The highest BCUT2D eigenvalue weighted by Gasteiger charge is 2.26. The number of halogens is 2. The van der Waals surface area contributed by atoms with Crippen LogP contribution in [0.4, 0.5) is 8.78 Å². The van der Waals surface area contributed by atoms with Crippen LogP contribution in [0.5, 0.6) is 0 Å². The molecule has 1 aromatic carbocycles. The van der Waals surface area contributed by atoms with Gasteiger partial charge in [0.05, 0.1) is 17.6 Å². The molecule has 26 heavy (non-hydrogen) atoms. The lowest BCUT2D eigenvalue weighted by Crippen LogP contribution is -2.48. The minimum atomic E-state index is -4.66. The van der Waals surface area contributed by atoms with Gasteiger partial charge in [-0.25, -0.2) is 8.42 Å². The van der Waals surface area contributed by atoms with Crippen LogP contribution in [0.3, 0.4) is 0 Å². The summed E-state index contributed by atoms with van der Waals surface area (Å²) in [6, 6.07) is 4.46. The zero-order chi connectivity index (χ0) is 19.3. The number of carbonyl (C=O) groups is 1. The molecule has 0 radical (unpaired) electrons. The number of amides is 1. The molecule has 1 aliphatic heterocycles. The number of sulfone groups is 1. The number of nitrogens with zero attached hydrogens (tertiary/aromatic N) is 1. The van der Waals surface area contributed by atoms with E-state index in [0.29, 0.717) is 19.1 Å². The molecule has 1 unspecified atom stereocenters. The molecule has 1 N–H and O–H groups in total. The van der Waals surface area contributed by atoms with E-state index in [1.807, 2.05) is 0 Å². The Morgan fingerprint density at radius 2 is 1.96 bits per heavy atom. The molecule has 1 saturated heterocycles. The van der Waals surface area contributed by atoms with Crippen molar-refractivity contribution in [2.24, 2.45) is 5.92 Å². The topological polar surface area (TPSA) is 75.7 Å². The summed E-state index contributed by atoms with van der Waals surface area (Å²) in [4.78, 5) is 13.9. The molecule has 9 heteroatoms. The average molecular weight is 390 g/mol. The van der Waals surface area contributed by atoms with E-state index in [9.17, 15) is 22.0 Å². The number of hydrogen-bond donors (Lipinski definition) is 1. The van der Waals surface area contributed by atoms with Gasteiger partial charge in [-0.05, 0) is 30.2 Å². The maximum atomic E-state index is 12.5. The summed E-state index contributed by atoms with van der Waals surface area (Å²) >= 11 is 0. The number of ether oxygens (including phenoxy) is 1. The van der Waals surface area contributed by atoms with Gasteiger partial charge in [-0.2, -0.15) is 8.78 Å². The standard InChI is InChI=1S/C17H24F2N2O4S/c1-12(2)10-21-7-8-25-14(11-21)9-20-16(22)13-3-5-15(6-4-13)26(23,24)17(18)19/h3-6,12,14,17H,7-11H2,1-2H3,(H,20,22). The lowest BCUT2D eigenvalue weighted by molar-refractivity contribution is -0.0295. The Morgan fingerprint density at radius 1 is 1.31 bits per heavy atom. The molecule has 0 spiro atoms. The average Bonchev–Trinajstić information content (AvgIpc) is 2.59. The van der Waals surface area contributed by atoms with Crippen molar-refractivity contribution in [3.8, 4) is 0 Å². The van der Waals surface area contributed by atoms with E-state index in [0.717, 1.165) is 31.8 Å². The molecule has 1 aromatic rings. The van der Waals surface area contributed by atoms with Crippen LogP contribution in [-0.4, -0.2) is 63.9 Å². The van der Waals surface area contributed by atoms with Crippen molar-refractivity contribution in [1.29, 1.82) is 0 Å². The van der Waals surface area contributed by atoms with Crippen LogP contribution in [0.1, 0.15) is 24.2 Å². The normalized spacial score (nSPS) is 19.1. The van der Waals surface area contributed by atoms with E-state index in [4.69, 9.17) is 4.74 Å². The van der Waals surface area contributed by atoms with Crippen molar-refractivity contribution in [3.05, 3.63) is 29.8 Å². The third kappa shape index (κ3) is 5.46. The molecule has 1 heterocycles. The SMILES string of the molecule is CC(C)CN1CCOC(CNC(=O)c2ccc(S(=O)(=O)C(F)F)cc2)C1. The molecule has 0 bridgehead atoms. The summed E-state index contributed by atoms with van der Waals surface area (Å²) in [6.07, 6.45) is -0.120. The van der Waals surface area contributed by atoms with Crippen LogP contribution in [0.25, 0.3) is 0 Å². The Hall–Kier alpha value is -1.58. The van der Waals surface area contributed by atoms with E-state index in [2.05, 4.69) is 24.1 Å². The van der Waals surface area contributed by atoms with Gasteiger partial charge in [0.2, 0.25) is 9.84 Å². The number of rotatable bonds is 7. The number of carbonyl (C=O) groups excluding carboxylic acids is 1. The van der Waals surface area contributed by atoms with Crippen LogP contribution in [0.15, 0.2) is 29.2 Å². The predicted octanol–water partition coefficient (Wildman–Crippen LogP) is 1.77. The molecule has 1 atom stereocenters. The molecule has 0 aliphatic carbocycles. The molecule has 1 fully saturated rings. The Morgan fingerprint density at radius 3 is 2.54 bits per heavy atom. The van der Waals surface area contributed by atoms with E-state index in [1.165, 1.54) is 12.1 Å². The van der Waals surface area contributed by atoms with Crippen molar-refractivity contribution in [1.82, 2.24) is 10.2 Å². The number of benzene rings is 1. The van der Waals surface area contributed by atoms with Gasteiger partial charge >= 0.3 is 5.76 Å². The molecule has 2 rings (SSSR count). The first-order valence-electron chi connectivity index (χ1n) is 8.44. The molecular formula is C17H24F2N2O4S. The first-order valence-corrected chi connectivity index (χ1v) is 9.99. The second-order valence-electron chi connectivity index (χ2n) is 6.69. The summed E-state index contributed by atoms with van der Waals surface area (Å²) in [6.45, 7) is 7.77. The van der Waals surface area contributed by atoms with Crippen molar-refractivity contribution < 1.29 is 26.7 Å². The minimum Gasteiger partial charge on any atom is -0.374 e. The maximum Gasteiger partial charge on any atom is 0.341 e. The largest absolute Gasteiger partial charge is 0.374 e. The lowest BCUT2D eigenvalue weighted by Gasteiger charge is -2.33. The third-order valence-corrected chi connectivity index (χ3v) is 5.41. The molecule has 6 nitrogen and oxygen atoms in total. The van der Waals surface area contributed by atoms with Crippen LogP contribution >= 0.6 is 0 Å². The summed E-state index contributed by atoms with van der Waals surface area (Å²) in [5, 5.41) is 2.74. The van der Waals surface area contributed by atoms with Gasteiger partial charge in [0.15, 0.2) is 0 Å². The zero-order valence-electron chi connectivity index (χ0n) is 14.8. The number of morpholine rings is 1. The Kier molecular flexibility index (Phi) is 7.08.